The van der Waals surface area contributed by atoms with Gasteiger partial charge in [0.1, 0.15) is 10.8 Å². The van der Waals surface area contributed by atoms with Crippen molar-refractivity contribution >= 4 is 39.9 Å². The van der Waals surface area contributed by atoms with Crippen LogP contribution in [0.3, 0.4) is 0 Å². The number of anilines is 1. The topological polar surface area (TPSA) is 59.1 Å². The maximum atomic E-state index is 13.3. The summed E-state index contributed by atoms with van der Waals surface area (Å²) in [5, 5.41) is 0.197. The Hall–Kier alpha value is -2.23. The van der Waals surface area contributed by atoms with Gasteiger partial charge in [-0.3, -0.25) is 9.59 Å². The molecule has 1 saturated heterocycles. The van der Waals surface area contributed by atoms with Crippen LogP contribution in [0.4, 0.5) is 13.8 Å². The Kier molecular flexibility index (Phi) is 5.00. The van der Waals surface area contributed by atoms with Gasteiger partial charge in [-0.1, -0.05) is 12.1 Å². The Bertz CT molecular complexity index is 989. The maximum Gasteiger partial charge on any atom is 0.282 e. The molecular formula is C19H17ClF2N2O4S. The second-order valence-electron chi connectivity index (χ2n) is 6.88. The number of hydrogen-bond donors (Lipinski definition) is 0. The fraction of sp³-hybridized carbons (Fsp3) is 0.368. The Morgan fingerprint density at radius 1 is 1.34 bits per heavy atom. The van der Waals surface area contributed by atoms with Crippen LogP contribution in [0, 0.1) is 0 Å². The highest BCUT2D eigenvalue weighted by molar-refractivity contribution is 7.17. The van der Waals surface area contributed by atoms with Gasteiger partial charge in [0.2, 0.25) is 0 Å². The van der Waals surface area contributed by atoms with Crippen LogP contribution in [-0.4, -0.2) is 42.8 Å². The summed E-state index contributed by atoms with van der Waals surface area (Å²) in [7, 11) is 1.43. The fourth-order valence-electron chi connectivity index (χ4n) is 3.48. The molecule has 0 spiro atoms. The number of alkyl halides is 2. The lowest BCUT2D eigenvalue weighted by Gasteiger charge is -2.39. The van der Waals surface area contributed by atoms with E-state index in [9.17, 15) is 18.4 Å². The lowest BCUT2D eigenvalue weighted by atomic mass is 10.0. The van der Waals surface area contributed by atoms with E-state index in [2.05, 4.69) is 0 Å². The van der Waals surface area contributed by atoms with Gasteiger partial charge >= 0.3 is 0 Å². The molecule has 154 valence electrons. The number of thiophene rings is 1. The lowest BCUT2D eigenvalue weighted by molar-refractivity contribution is -0.113. The average molecular weight is 443 g/mol. The highest BCUT2D eigenvalue weighted by atomic mass is 35.5. The summed E-state index contributed by atoms with van der Waals surface area (Å²) < 4.78 is 38.3. The van der Waals surface area contributed by atoms with Crippen molar-refractivity contribution in [2.24, 2.45) is 0 Å². The number of amides is 2. The van der Waals surface area contributed by atoms with Gasteiger partial charge in [-0.05, 0) is 19.1 Å². The predicted molar refractivity (Wildman–Crippen MR) is 104 cm³/mol. The van der Waals surface area contributed by atoms with E-state index in [0.717, 1.165) is 25.5 Å². The third-order valence-corrected chi connectivity index (χ3v) is 6.50. The zero-order chi connectivity index (χ0) is 20.9. The first-order valence-corrected chi connectivity index (χ1v) is 9.96. The molecule has 1 aromatic heterocycles. The fourth-order valence-corrected chi connectivity index (χ4v) is 4.96. The minimum absolute atomic E-state index is 0.142. The normalized spacial score (nSPS) is 19.5. The quantitative estimate of drug-likeness (QED) is 0.664. The summed E-state index contributed by atoms with van der Waals surface area (Å²) in [6.07, 6.45) is -0.401. The SMILES string of the molecule is COc1ccccc1C(=O)N(Cl)c1sc2c(c1C(=O)N1CC(F)(F)C1)C(C)OC2. The molecule has 2 amide bonds. The lowest BCUT2D eigenvalue weighted by Crippen LogP contribution is -2.58. The molecule has 0 saturated carbocycles. The third-order valence-electron chi connectivity index (χ3n) is 4.91. The predicted octanol–water partition coefficient (Wildman–Crippen LogP) is 4.24. The van der Waals surface area contributed by atoms with Gasteiger partial charge in [0, 0.05) is 22.2 Å². The molecule has 2 aromatic rings. The van der Waals surface area contributed by atoms with Gasteiger partial charge in [0.05, 0.1) is 44.0 Å². The Balaban J connectivity index is 1.73. The number of likely N-dealkylation sites (tertiary alicyclic amines) is 1. The van der Waals surface area contributed by atoms with Crippen LogP contribution in [0.2, 0.25) is 0 Å². The summed E-state index contributed by atoms with van der Waals surface area (Å²) in [5.74, 6) is -3.73. The van der Waals surface area contributed by atoms with Crippen LogP contribution in [0.15, 0.2) is 24.3 Å². The van der Waals surface area contributed by atoms with Gasteiger partial charge in [0.25, 0.3) is 17.7 Å². The van der Waals surface area contributed by atoms with E-state index in [4.69, 9.17) is 21.3 Å². The first-order valence-electron chi connectivity index (χ1n) is 8.81. The number of fused-ring (bicyclic) bond motifs is 1. The molecule has 0 bridgehead atoms. The third kappa shape index (κ3) is 3.37. The highest BCUT2D eigenvalue weighted by Gasteiger charge is 2.48. The molecular weight excluding hydrogens is 426 g/mol. The van der Waals surface area contributed by atoms with Crippen molar-refractivity contribution in [3.8, 4) is 5.75 Å². The van der Waals surface area contributed by atoms with E-state index in [1.165, 1.54) is 7.11 Å². The van der Waals surface area contributed by atoms with Crippen LogP contribution < -0.4 is 9.16 Å². The molecule has 3 heterocycles. The zero-order valence-electron chi connectivity index (χ0n) is 15.6. The number of ether oxygens (including phenoxy) is 2. The first-order chi connectivity index (χ1) is 13.7. The van der Waals surface area contributed by atoms with Gasteiger partial charge in [-0.25, -0.2) is 13.2 Å². The second-order valence-corrected chi connectivity index (χ2v) is 8.30. The number of benzene rings is 1. The van der Waals surface area contributed by atoms with Crippen LogP contribution in [0.25, 0.3) is 0 Å². The summed E-state index contributed by atoms with van der Waals surface area (Å²) in [6.45, 7) is 0.720. The van der Waals surface area contributed by atoms with E-state index in [0.29, 0.717) is 11.3 Å². The number of halogens is 3. The summed E-state index contributed by atoms with van der Waals surface area (Å²) in [4.78, 5) is 27.8. The number of rotatable bonds is 4. The summed E-state index contributed by atoms with van der Waals surface area (Å²) in [5.41, 5.74) is 0.962. The standard InChI is InChI=1S/C19H17ClF2N2O4S/c1-10-14-13(7-28-10)29-18(15(14)17(26)23-8-19(21,22)9-23)24(20)16(25)11-5-3-4-6-12(11)27-2/h3-6,10H,7-9H2,1-2H3. The number of para-hydroxylation sites is 1. The molecule has 1 fully saturated rings. The molecule has 0 N–H and O–H groups in total. The van der Waals surface area contributed by atoms with Crippen LogP contribution in [-0.2, 0) is 11.3 Å². The minimum Gasteiger partial charge on any atom is -0.496 e. The van der Waals surface area contributed by atoms with Gasteiger partial charge in [-0.2, -0.15) is 0 Å². The van der Waals surface area contributed by atoms with E-state index in [-0.39, 0.29) is 22.7 Å². The Morgan fingerprint density at radius 3 is 2.69 bits per heavy atom. The van der Waals surface area contributed by atoms with Crippen molar-refractivity contribution < 1.29 is 27.8 Å². The number of methoxy groups -OCH3 is 1. The Labute approximate surface area is 174 Å². The molecule has 10 heteroatoms. The number of carbonyl (C=O) groups excluding carboxylic acids is 2. The Morgan fingerprint density at radius 2 is 2.03 bits per heavy atom. The molecule has 6 nitrogen and oxygen atoms in total. The second kappa shape index (κ2) is 7.23. The number of hydrogen-bond acceptors (Lipinski definition) is 5. The molecule has 4 rings (SSSR count). The number of nitrogens with zero attached hydrogens (tertiary/aromatic N) is 2. The molecule has 1 atom stereocenters. The molecule has 0 aliphatic carbocycles. The van der Waals surface area contributed by atoms with Crippen LogP contribution in [0.1, 0.15) is 44.2 Å². The van der Waals surface area contributed by atoms with Gasteiger partial charge < -0.3 is 14.4 Å². The largest absolute Gasteiger partial charge is 0.496 e. The van der Waals surface area contributed by atoms with Crippen molar-refractivity contribution in [2.75, 3.05) is 24.6 Å². The molecule has 1 aromatic carbocycles. The van der Waals surface area contributed by atoms with Crippen molar-refractivity contribution in [3.63, 3.8) is 0 Å². The van der Waals surface area contributed by atoms with E-state index >= 15 is 0 Å². The van der Waals surface area contributed by atoms with Gasteiger partial charge in [0.15, 0.2) is 0 Å². The number of carbonyl (C=O) groups is 2. The minimum atomic E-state index is -2.90. The summed E-state index contributed by atoms with van der Waals surface area (Å²) in [6, 6.07) is 6.56. The van der Waals surface area contributed by atoms with Crippen molar-refractivity contribution in [1.29, 1.82) is 0 Å². The van der Waals surface area contributed by atoms with E-state index in [1.807, 2.05) is 0 Å². The zero-order valence-corrected chi connectivity index (χ0v) is 17.2. The van der Waals surface area contributed by atoms with E-state index < -0.39 is 36.9 Å². The molecule has 2 aliphatic rings. The first kappa shape index (κ1) is 20.1. The van der Waals surface area contributed by atoms with Crippen LogP contribution >= 0.6 is 23.1 Å². The molecule has 0 radical (unpaired) electrons. The van der Waals surface area contributed by atoms with Crippen molar-refractivity contribution in [1.82, 2.24) is 4.90 Å². The molecule has 29 heavy (non-hydrogen) atoms. The van der Waals surface area contributed by atoms with E-state index in [1.54, 1.807) is 31.2 Å². The molecule has 1 unspecified atom stereocenters. The monoisotopic (exact) mass is 442 g/mol. The van der Waals surface area contributed by atoms with Gasteiger partial charge in [-0.15, -0.1) is 11.3 Å². The van der Waals surface area contributed by atoms with Crippen LogP contribution in [0.5, 0.6) is 5.75 Å². The summed E-state index contributed by atoms with van der Waals surface area (Å²) >= 11 is 7.53. The molecule has 2 aliphatic heterocycles. The smallest absolute Gasteiger partial charge is 0.282 e. The maximum absolute atomic E-state index is 13.3. The van der Waals surface area contributed by atoms with Crippen molar-refractivity contribution in [2.45, 2.75) is 25.6 Å². The average Bonchev–Trinajstić information content (AvgIpc) is 3.24. The van der Waals surface area contributed by atoms with Crippen molar-refractivity contribution in [3.05, 3.63) is 45.8 Å². The highest BCUT2D eigenvalue weighted by Crippen LogP contribution is 2.47.